The second-order valence-electron chi connectivity index (χ2n) is 4.82. The van der Waals surface area contributed by atoms with Crippen molar-refractivity contribution in [3.8, 4) is 0 Å². The number of hydrogen-bond acceptors (Lipinski definition) is 5. The van der Waals surface area contributed by atoms with Crippen molar-refractivity contribution in [3.63, 3.8) is 0 Å². The predicted molar refractivity (Wildman–Crippen MR) is 75.8 cm³/mol. The summed E-state index contributed by atoms with van der Waals surface area (Å²) in [5.74, 6) is 0. The Hall–Kier alpha value is -0.520. The van der Waals surface area contributed by atoms with Gasteiger partial charge in [0, 0.05) is 13.6 Å². The van der Waals surface area contributed by atoms with Gasteiger partial charge in [0.2, 0.25) is 0 Å². The van der Waals surface area contributed by atoms with Gasteiger partial charge in [-0.15, -0.1) is 6.58 Å². The summed E-state index contributed by atoms with van der Waals surface area (Å²) >= 11 is 1.68. The smallest absolute Gasteiger partial charge is 0.161 e. The highest BCUT2D eigenvalue weighted by Crippen LogP contribution is 2.37. The van der Waals surface area contributed by atoms with Crippen LogP contribution < -0.4 is 0 Å². The predicted octanol–water partition coefficient (Wildman–Crippen LogP) is 1.85. The summed E-state index contributed by atoms with van der Waals surface area (Å²) in [4.78, 5) is 6.84. The monoisotopic (exact) mass is 270 g/mol. The van der Waals surface area contributed by atoms with Crippen LogP contribution in [0.3, 0.4) is 0 Å². The molecule has 0 saturated carbocycles. The van der Waals surface area contributed by atoms with Crippen LogP contribution in [0.2, 0.25) is 0 Å². The van der Waals surface area contributed by atoms with E-state index in [0.717, 1.165) is 24.6 Å². The van der Waals surface area contributed by atoms with Gasteiger partial charge in [-0.05, 0) is 26.2 Å². The Kier molecular flexibility index (Phi) is 4.70. The molecule has 102 valence electrons. The summed E-state index contributed by atoms with van der Waals surface area (Å²) in [5, 5.41) is 11.0. The van der Waals surface area contributed by atoms with Crippen molar-refractivity contribution >= 4 is 16.9 Å². The highest BCUT2D eigenvalue weighted by atomic mass is 32.2. The molecule has 0 amide bonds. The Morgan fingerprint density at radius 1 is 1.67 bits per heavy atom. The summed E-state index contributed by atoms with van der Waals surface area (Å²) in [6, 6.07) is 0.256. The third kappa shape index (κ3) is 2.90. The van der Waals surface area contributed by atoms with Crippen LogP contribution in [-0.2, 0) is 4.74 Å². The SMILES string of the molecule is C=CC[C@@H](O)[C@H]1CC[C@H]2N=C(N(C)CC)S[C@H]2O1. The molecule has 0 bridgehead atoms. The normalized spacial score (nSPS) is 32.6. The topological polar surface area (TPSA) is 45.1 Å². The molecule has 0 aromatic heterocycles. The number of rotatable bonds is 4. The minimum absolute atomic E-state index is 0.0711. The minimum Gasteiger partial charge on any atom is -0.390 e. The summed E-state index contributed by atoms with van der Waals surface area (Å²) < 4.78 is 5.97. The fourth-order valence-electron chi connectivity index (χ4n) is 2.24. The number of nitrogens with zero attached hydrogens (tertiary/aromatic N) is 2. The van der Waals surface area contributed by atoms with Gasteiger partial charge in [-0.25, -0.2) is 0 Å². The highest BCUT2D eigenvalue weighted by Gasteiger charge is 2.39. The van der Waals surface area contributed by atoms with Crippen molar-refractivity contribution in [2.45, 2.75) is 49.9 Å². The van der Waals surface area contributed by atoms with Gasteiger partial charge in [-0.3, -0.25) is 4.99 Å². The molecule has 0 unspecified atom stereocenters. The third-order valence-corrected chi connectivity index (χ3v) is 4.79. The van der Waals surface area contributed by atoms with Gasteiger partial charge < -0.3 is 14.7 Å². The van der Waals surface area contributed by atoms with Gasteiger partial charge in [0.25, 0.3) is 0 Å². The molecule has 2 aliphatic rings. The van der Waals surface area contributed by atoms with Gasteiger partial charge in [-0.2, -0.15) is 0 Å². The molecule has 1 N–H and O–H groups in total. The summed E-state index contributed by atoms with van der Waals surface area (Å²) in [6.45, 7) is 6.72. The van der Waals surface area contributed by atoms with E-state index in [9.17, 15) is 5.11 Å². The number of aliphatic hydroxyl groups excluding tert-OH is 1. The van der Waals surface area contributed by atoms with Crippen molar-refractivity contribution in [1.82, 2.24) is 4.90 Å². The van der Waals surface area contributed by atoms with E-state index in [2.05, 4.69) is 18.4 Å². The number of fused-ring (bicyclic) bond motifs is 1. The molecule has 1 saturated heterocycles. The third-order valence-electron chi connectivity index (χ3n) is 3.51. The van der Waals surface area contributed by atoms with E-state index < -0.39 is 6.10 Å². The van der Waals surface area contributed by atoms with Crippen LogP contribution in [0.25, 0.3) is 0 Å². The first kappa shape index (κ1) is 13.9. The van der Waals surface area contributed by atoms with E-state index in [1.54, 1.807) is 17.8 Å². The Bertz CT molecular complexity index is 335. The Morgan fingerprint density at radius 2 is 2.44 bits per heavy atom. The Balaban J connectivity index is 1.92. The van der Waals surface area contributed by atoms with Gasteiger partial charge in [0.05, 0.1) is 18.2 Å². The second kappa shape index (κ2) is 6.08. The van der Waals surface area contributed by atoms with Crippen LogP contribution in [0.1, 0.15) is 26.2 Å². The van der Waals surface area contributed by atoms with Gasteiger partial charge in [0.15, 0.2) is 5.17 Å². The molecular formula is C13H22N2O2S. The van der Waals surface area contributed by atoms with Crippen molar-refractivity contribution in [3.05, 3.63) is 12.7 Å². The molecule has 4 atom stereocenters. The first-order chi connectivity index (χ1) is 8.65. The average Bonchev–Trinajstić information content (AvgIpc) is 2.80. The Labute approximate surface area is 113 Å². The number of thioether (sulfide) groups is 1. The summed E-state index contributed by atoms with van der Waals surface area (Å²) in [7, 11) is 2.05. The largest absolute Gasteiger partial charge is 0.390 e. The zero-order valence-electron chi connectivity index (χ0n) is 11.1. The van der Waals surface area contributed by atoms with E-state index in [4.69, 9.17) is 9.73 Å². The summed E-state index contributed by atoms with van der Waals surface area (Å²) in [5.41, 5.74) is 0.0761. The molecular weight excluding hydrogens is 248 g/mol. The van der Waals surface area contributed by atoms with E-state index in [0.29, 0.717) is 6.42 Å². The first-order valence-electron chi connectivity index (χ1n) is 6.55. The number of amidine groups is 1. The lowest BCUT2D eigenvalue weighted by Gasteiger charge is -2.33. The fourth-order valence-corrected chi connectivity index (χ4v) is 3.50. The molecule has 0 spiro atoms. The molecule has 2 aliphatic heterocycles. The standard InChI is InChI=1S/C13H22N2O2S/c1-4-6-10(16)11-8-7-9-12(17-11)18-13(14-9)15(3)5-2/h4,9-12,16H,1,5-8H2,2-3H3/t9-,10-,11-,12-/m1/s1. The van der Waals surface area contributed by atoms with E-state index in [1.807, 2.05) is 7.05 Å². The number of aliphatic hydroxyl groups is 1. The molecule has 0 aromatic carbocycles. The Morgan fingerprint density at radius 3 is 3.11 bits per heavy atom. The van der Waals surface area contributed by atoms with Crippen LogP contribution in [0.4, 0.5) is 0 Å². The van der Waals surface area contributed by atoms with Crippen molar-refractivity contribution < 1.29 is 9.84 Å². The molecule has 18 heavy (non-hydrogen) atoms. The van der Waals surface area contributed by atoms with Crippen molar-refractivity contribution in [2.75, 3.05) is 13.6 Å². The van der Waals surface area contributed by atoms with Crippen molar-refractivity contribution in [2.24, 2.45) is 4.99 Å². The number of hydrogen-bond donors (Lipinski definition) is 1. The van der Waals surface area contributed by atoms with Gasteiger partial charge in [0.1, 0.15) is 5.44 Å². The molecule has 0 aromatic rings. The molecule has 5 heteroatoms. The molecule has 0 aliphatic carbocycles. The van der Waals surface area contributed by atoms with Crippen LogP contribution >= 0.6 is 11.8 Å². The fraction of sp³-hybridized carbons (Fsp3) is 0.769. The minimum atomic E-state index is -0.433. The molecule has 0 radical (unpaired) electrons. The lowest BCUT2D eigenvalue weighted by molar-refractivity contribution is -0.0779. The maximum absolute atomic E-state index is 9.96. The summed E-state index contributed by atoms with van der Waals surface area (Å²) in [6.07, 6.45) is 3.71. The van der Waals surface area contributed by atoms with Gasteiger partial charge in [-0.1, -0.05) is 17.8 Å². The molecule has 2 heterocycles. The molecule has 2 rings (SSSR count). The van der Waals surface area contributed by atoms with Crippen LogP contribution in [-0.4, -0.2) is 52.5 Å². The highest BCUT2D eigenvalue weighted by molar-refractivity contribution is 8.14. The maximum Gasteiger partial charge on any atom is 0.161 e. The van der Waals surface area contributed by atoms with Crippen molar-refractivity contribution in [1.29, 1.82) is 0 Å². The van der Waals surface area contributed by atoms with Gasteiger partial charge >= 0.3 is 0 Å². The first-order valence-corrected chi connectivity index (χ1v) is 7.43. The zero-order chi connectivity index (χ0) is 13.1. The lowest BCUT2D eigenvalue weighted by Crippen LogP contribution is -2.40. The lowest BCUT2D eigenvalue weighted by atomic mass is 9.99. The average molecular weight is 270 g/mol. The van der Waals surface area contributed by atoms with Crippen LogP contribution in [0.5, 0.6) is 0 Å². The van der Waals surface area contributed by atoms with E-state index in [-0.39, 0.29) is 17.6 Å². The second-order valence-corrected chi connectivity index (χ2v) is 5.89. The van der Waals surface area contributed by atoms with E-state index in [1.165, 1.54) is 0 Å². The zero-order valence-corrected chi connectivity index (χ0v) is 11.9. The maximum atomic E-state index is 9.96. The number of ether oxygens (including phenoxy) is 1. The number of aliphatic imine (C=N–C) groups is 1. The molecule has 1 fully saturated rings. The van der Waals surface area contributed by atoms with Crippen LogP contribution in [0, 0.1) is 0 Å². The van der Waals surface area contributed by atoms with Crippen LogP contribution in [0.15, 0.2) is 17.6 Å². The molecule has 4 nitrogen and oxygen atoms in total. The van der Waals surface area contributed by atoms with E-state index >= 15 is 0 Å². The quantitative estimate of drug-likeness (QED) is 0.792.